The van der Waals surface area contributed by atoms with Crippen molar-refractivity contribution in [1.82, 2.24) is 0 Å². The van der Waals surface area contributed by atoms with E-state index in [2.05, 4.69) is 31.9 Å². The summed E-state index contributed by atoms with van der Waals surface area (Å²) in [6.07, 6.45) is 0. The standard InChI is InChI=1S/C23H19BrO5.C23H17BrO4.C2H4O2.H2O/c1-21-15(13-9-5-3-6-10-13)16(14-11-7-4-8-12-14)22(2,19(21)27)23(24,20(28)29)17(21)18(25)26;1-21-15(13-9-5-3-6-10-13)16(14-11-7-4-8-12-14)22(2,19(21)26)23(24)17(21)18(25)28-20(23)27;1-2(3)4;/h3-12,17H,1-2H3,(H,25,26)(H,28,29);3-12,17H,1-2H3;1H3,(H,3,4);1H2. The number of hydrogen-bond donors (Lipinski definition) is 3. The van der Waals surface area contributed by atoms with Crippen LogP contribution in [0, 0.1) is 33.5 Å². The van der Waals surface area contributed by atoms with Crippen molar-refractivity contribution in [2.45, 2.75) is 43.3 Å². The molecule has 8 unspecified atom stereocenters. The van der Waals surface area contributed by atoms with Gasteiger partial charge in [0.1, 0.15) is 11.8 Å². The fourth-order valence-electron chi connectivity index (χ4n) is 11.0. The Morgan fingerprint density at radius 2 is 0.871 bits per heavy atom. The number of Topliss-reactive ketones (excluding diaryl/α,β-unsaturated/α-hetero) is 2. The predicted octanol–water partition coefficient (Wildman–Crippen LogP) is 7.43. The molecule has 320 valence electrons. The van der Waals surface area contributed by atoms with Gasteiger partial charge < -0.3 is 25.5 Å². The van der Waals surface area contributed by atoms with Gasteiger partial charge in [-0.05, 0) is 72.2 Å². The van der Waals surface area contributed by atoms with Gasteiger partial charge in [-0.25, -0.2) is 4.79 Å². The van der Waals surface area contributed by atoms with Gasteiger partial charge in [0, 0.05) is 6.92 Å². The van der Waals surface area contributed by atoms with Crippen LogP contribution in [0.25, 0.3) is 22.3 Å². The number of cyclic esters (lactones) is 2. The molecule has 1 saturated heterocycles. The molecule has 62 heavy (non-hydrogen) atoms. The van der Waals surface area contributed by atoms with E-state index < -0.39 is 77.8 Å². The Morgan fingerprint density at radius 3 is 1.23 bits per heavy atom. The maximum absolute atomic E-state index is 13.9. The van der Waals surface area contributed by atoms with Crippen LogP contribution in [0.3, 0.4) is 0 Å². The molecular weight excluding hydrogens is 928 g/mol. The van der Waals surface area contributed by atoms with E-state index in [1.807, 2.05) is 121 Å². The molecule has 2 saturated carbocycles. The molecule has 12 nitrogen and oxygen atoms in total. The van der Waals surface area contributed by atoms with Crippen LogP contribution in [0.5, 0.6) is 0 Å². The molecule has 5 aliphatic rings. The molecule has 8 atom stereocenters. The molecule has 4 bridgehead atoms. The Balaban J connectivity index is 0.000000188. The third-order valence-corrected chi connectivity index (χ3v) is 16.5. The first-order valence-corrected chi connectivity index (χ1v) is 20.8. The molecule has 5 N–H and O–H groups in total. The quantitative estimate of drug-likeness (QED) is 0.0980. The number of halogens is 2. The number of ether oxygens (including phenoxy) is 1. The fourth-order valence-corrected chi connectivity index (χ4v) is 13.1. The minimum absolute atomic E-state index is 0. The Hall–Kier alpha value is -5.83. The number of ketones is 2. The van der Waals surface area contributed by atoms with Gasteiger partial charge in [-0.15, -0.1) is 0 Å². The zero-order chi connectivity index (χ0) is 44.7. The number of carboxylic acids is 3. The number of carbonyl (C=O) groups is 7. The van der Waals surface area contributed by atoms with E-state index in [0.717, 1.165) is 34.8 Å². The van der Waals surface area contributed by atoms with Crippen molar-refractivity contribution in [1.29, 1.82) is 0 Å². The fraction of sp³-hybridized carbons (Fsp3) is 0.271. The molecule has 14 heteroatoms. The average Bonchev–Trinajstić information content (AvgIpc) is 3.76. The number of esters is 2. The number of fused-ring (bicyclic) bond motifs is 7. The van der Waals surface area contributed by atoms with Crippen molar-refractivity contribution in [2.75, 3.05) is 0 Å². The van der Waals surface area contributed by atoms with E-state index in [1.165, 1.54) is 0 Å². The summed E-state index contributed by atoms with van der Waals surface area (Å²) in [6, 6.07) is 37.5. The Morgan fingerprint density at radius 1 is 0.548 bits per heavy atom. The average molecular weight is 971 g/mol. The molecule has 0 radical (unpaired) electrons. The molecule has 4 aliphatic carbocycles. The van der Waals surface area contributed by atoms with Crippen LogP contribution >= 0.6 is 31.9 Å². The highest BCUT2D eigenvalue weighted by atomic mass is 79.9. The van der Waals surface area contributed by atoms with Crippen molar-refractivity contribution < 1.29 is 59.1 Å². The summed E-state index contributed by atoms with van der Waals surface area (Å²) in [6.45, 7) is 7.74. The lowest BCUT2D eigenvalue weighted by molar-refractivity contribution is -0.157. The first-order chi connectivity index (χ1) is 28.6. The number of rotatable bonds is 6. The number of benzene rings is 4. The van der Waals surface area contributed by atoms with Gasteiger partial charge in [0.2, 0.25) is 0 Å². The zero-order valence-corrected chi connectivity index (χ0v) is 37.2. The molecule has 1 aliphatic heterocycles. The van der Waals surface area contributed by atoms with Crippen LogP contribution in [0.1, 0.15) is 56.9 Å². The summed E-state index contributed by atoms with van der Waals surface area (Å²) in [5, 5.41) is 27.6. The van der Waals surface area contributed by atoms with Gasteiger partial charge >= 0.3 is 23.9 Å². The number of alkyl halides is 2. The van der Waals surface area contributed by atoms with Crippen molar-refractivity contribution in [2.24, 2.45) is 33.5 Å². The zero-order valence-electron chi connectivity index (χ0n) is 34.1. The van der Waals surface area contributed by atoms with Gasteiger partial charge in [0.25, 0.3) is 5.97 Å². The number of hydrogen-bond acceptors (Lipinski definition) is 8. The van der Waals surface area contributed by atoms with Gasteiger partial charge in [0.15, 0.2) is 20.2 Å². The largest absolute Gasteiger partial charge is 0.481 e. The first-order valence-electron chi connectivity index (χ1n) is 19.3. The molecule has 4 aromatic carbocycles. The molecule has 0 amide bonds. The summed E-state index contributed by atoms with van der Waals surface area (Å²) < 4.78 is 1.69. The molecule has 1 heterocycles. The van der Waals surface area contributed by atoms with Gasteiger partial charge in [-0.3, -0.25) is 28.8 Å². The normalized spacial score (nSPS) is 32.2. The van der Waals surface area contributed by atoms with Crippen LogP contribution in [0.2, 0.25) is 0 Å². The van der Waals surface area contributed by atoms with Crippen molar-refractivity contribution in [3.8, 4) is 0 Å². The summed E-state index contributed by atoms with van der Waals surface area (Å²) in [5.74, 6) is -7.70. The Labute approximate surface area is 373 Å². The highest BCUT2D eigenvalue weighted by Gasteiger charge is 2.86. The smallest absolute Gasteiger partial charge is 0.332 e. The predicted molar refractivity (Wildman–Crippen MR) is 235 cm³/mol. The van der Waals surface area contributed by atoms with Crippen LogP contribution in [0.15, 0.2) is 121 Å². The van der Waals surface area contributed by atoms with E-state index >= 15 is 0 Å². The Kier molecular flexibility index (Phi) is 11.4. The van der Waals surface area contributed by atoms with Crippen LogP contribution in [-0.2, 0) is 38.3 Å². The topological polar surface area (TPSA) is 221 Å². The molecule has 3 fully saturated rings. The number of carboxylic acid groups (broad SMARTS) is 3. The van der Waals surface area contributed by atoms with Gasteiger partial charge in [0.05, 0.1) is 21.7 Å². The first kappa shape index (κ1) is 45.7. The lowest BCUT2D eigenvalue weighted by atomic mass is 9.62. The summed E-state index contributed by atoms with van der Waals surface area (Å²) in [5.41, 5.74) is 0.457. The van der Waals surface area contributed by atoms with Crippen molar-refractivity contribution >= 4 is 95.6 Å². The molecule has 0 aromatic heterocycles. The number of allylic oxidation sites excluding steroid dienone is 4. The highest BCUT2D eigenvalue weighted by molar-refractivity contribution is 9.10. The number of carbonyl (C=O) groups excluding carboxylic acids is 4. The van der Waals surface area contributed by atoms with E-state index in [-0.39, 0.29) is 11.3 Å². The van der Waals surface area contributed by atoms with Crippen LogP contribution < -0.4 is 0 Å². The van der Waals surface area contributed by atoms with Crippen LogP contribution in [0.4, 0.5) is 0 Å². The van der Waals surface area contributed by atoms with E-state index in [1.54, 1.807) is 27.7 Å². The summed E-state index contributed by atoms with van der Waals surface area (Å²) in [4.78, 5) is 87.0. The summed E-state index contributed by atoms with van der Waals surface area (Å²) >= 11 is 6.82. The maximum atomic E-state index is 13.9. The van der Waals surface area contributed by atoms with E-state index in [9.17, 15) is 39.0 Å². The SMILES string of the molecule is CC(=O)O.CC12C(=O)C(C)(C(c3ccccc3)=C1c1ccccc1)C(Br)(C(=O)O)C2C(=O)O.CC12C(=O)C(C)(C(c3ccccc3)=C1c1ccccc1)C1(Br)C(=O)OC(=O)C21.O. The van der Waals surface area contributed by atoms with Crippen LogP contribution in [-0.4, -0.2) is 70.9 Å². The lowest BCUT2D eigenvalue weighted by Gasteiger charge is -2.43. The minimum atomic E-state index is -1.97. The molecule has 9 rings (SSSR count). The van der Waals surface area contributed by atoms with Crippen molar-refractivity contribution in [3.63, 3.8) is 0 Å². The van der Waals surface area contributed by atoms with Gasteiger partial charge in [-0.1, -0.05) is 153 Å². The molecule has 4 aromatic rings. The second-order valence-electron chi connectivity index (χ2n) is 16.4. The van der Waals surface area contributed by atoms with Crippen molar-refractivity contribution in [3.05, 3.63) is 144 Å². The minimum Gasteiger partial charge on any atom is -0.481 e. The van der Waals surface area contributed by atoms with E-state index in [0.29, 0.717) is 16.7 Å². The lowest BCUT2D eigenvalue weighted by Crippen LogP contribution is -2.55. The monoisotopic (exact) mass is 968 g/mol. The molecular formula is C48H42Br2O12. The molecule has 0 spiro atoms. The third kappa shape index (κ3) is 5.68. The Bertz CT molecular complexity index is 2630. The number of aliphatic carboxylic acids is 3. The highest BCUT2D eigenvalue weighted by Crippen LogP contribution is 2.78. The second kappa shape index (κ2) is 15.5. The third-order valence-electron chi connectivity index (χ3n) is 13.3. The van der Waals surface area contributed by atoms with Gasteiger partial charge in [-0.2, -0.15) is 0 Å². The maximum Gasteiger partial charge on any atom is 0.332 e. The van der Waals surface area contributed by atoms with E-state index in [4.69, 9.17) is 14.6 Å². The summed E-state index contributed by atoms with van der Waals surface area (Å²) in [7, 11) is 0. The second-order valence-corrected chi connectivity index (χ2v) is 18.9.